The van der Waals surface area contributed by atoms with Gasteiger partial charge in [0, 0.05) is 23.1 Å². The maximum atomic E-state index is 12.1. The maximum Gasteiger partial charge on any atom is 0.323 e. The molecule has 3 rings (SSSR count). The molecule has 0 saturated heterocycles. The molecule has 0 aliphatic rings. The van der Waals surface area contributed by atoms with Crippen molar-refractivity contribution < 1.29 is 9.53 Å². The molecule has 0 spiro atoms. The number of nitrogens with zero attached hydrogens (tertiary/aromatic N) is 2. The van der Waals surface area contributed by atoms with Crippen LogP contribution in [0.2, 0.25) is 5.02 Å². The Morgan fingerprint density at radius 2 is 2.09 bits per heavy atom. The number of methoxy groups -OCH3 is 1. The fourth-order valence-corrected chi connectivity index (χ4v) is 2.23. The second-order valence-corrected chi connectivity index (χ2v) is 4.98. The van der Waals surface area contributed by atoms with E-state index < -0.39 is 0 Å². The van der Waals surface area contributed by atoms with Gasteiger partial charge in [-0.25, -0.2) is 9.31 Å². The molecule has 0 bridgehead atoms. The first kappa shape index (κ1) is 14.2. The van der Waals surface area contributed by atoms with Crippen LogP contribution in [0.3, 0.4) is 0 Å². The van der Waals surface area contributed by atoms with Gasteiger partial charge in [0.2, 0.25) is 0 Å². The average molecular weight is 317 g/mol. The average Bonchev–Trinajstić information content (AvgIpc) is 2.95. The number of carbonyl (C=O) groups excluding carboxylic acids is 1. The van der Waals surface area contributed by atoms with E-state index in [-0.39, 0.29) is 6.03 Å². The number of carbonyl (C=O) groups is 1. The number of nitrogens with one attached hydrogen (secondary N) is 2. The molecule has 0 atom stereocenters. The monoisotopic (exact) mass is 316 g/mol. The fourth-order valence-electron chi connectivity index (χ4n) is 2.06. The van der Waals surface area contributed by atoms with Crippen LogP contribution < -0.4 is 15.4 Å². The highest BCUT2D eigenvalue weighted by Gasteiger charge is 2.09. The van der Waals surface area contributed by atoms with Gasteiger partial charge in [-0.3, -0.25) is 0 Å². The van der Waals surface area contributed by atoms with Gasteiger partial charge in [0.15, 0.2) is 0 Å². The van der Waals surface area contributed by atoms with Crippen LogP contribution in [0.25, 0.3) is 5.52 Å². The second-order valence-electron chi connectivity index (χ2n) is 4.54. The lowest BCUT2D eigenvalue weighted by Crippen LogP contribution is -2.19. The first-order valence-electron chi connectivity index (χ1n) is 6.50. The van der Waals surface area contributed by atoms with Crippen LogP contribution in [-0.4, -0.2) is 22.8 Å². The van der Waals surface area contributed by atoms with Crippen LogP contribution in [0.1, 0.15) is 0 Å². The van der Waals surface area contributed by atoms with Crippen LogP contribution in [-0.2, 0) is 0 Å². The van der Waals surface area contributed by atoms with Crippen molar-refractivity contribution in [3.8, 4) is 5.75 Å². The third-order valence-corrected chi connectivity index (χ3v) is 3.30. The van der Waals surface area contributed by atoms with Gasteiger partial charge in [0.25, 0.3) is 0 Å². The Morgan fingerprint density at radius 1 is 1.23 bits per heavy atom. The summed E-state index contributed by atoms with van der Waals surface area (Å²) in [5.41, 5.74) is 2.04. The number of fused-ring (bicyclic) bond motifs is 1. The number of hydrogen-bond acceptors (Lipinski definition) is 3. The molecule has 0 aliphatic carbocycles. The highest BCUT2D eigenvalue weighted by Crippen LogP contribution is 2.27. The van der Waals surface area contributed by atoms with E-state index in [9.17, 15) is 4.79 Å². The number of pyridine rings is 1. The molecular formula is C15H13ClN4O2. The largest absolute Gasteiger partial charge is 0.495 e. The van der Waals surface area contributed by atoms with Crippen molar-refractivity contribution in [1.29, 1.82) is 0 Å². The molecule has 2 amide bonds. The molecule has 1 aromatic carbocycles. The minimum Gasteiger partial charge on any atom is -0.495 e. The SMILES string of the molecule is COc1ccc(Cl)cc1NC(=O)Nc1ccn2nccc2c1. The lowest BCUT2D eigenvalue weighted by molar-refractivity contribution is 0.262. The van der Waals surface area contributed by atoms with E-state index >= 15 is 0 Å². The zero-order valence-electron chi connectivity index (χ0n) is 11.7. The second kappa shape index (κ2) is 5.95. The van der Waals surface area contributed by atoms with Crippen molar-refractivity contribution in [1.82, 2.24) is 9.61 Å². The molecule has 0 radical (unpaired) electrons. The molecule has 2 aromatic heterocycles. The topological polar surface area (TPSA) is 67.7 Å². The lowest BCUT2D eigenvalue weighted by Gasteiger charge is -2.11. The molecule has 6 nitrogen and oxygen atoms in total. The first-order valence-corrected chi connectivity index (χ1v) is 6.88. The van der Waals surface area contributed by atoms with Crippen molar-refractivity contribution >= 4 is 34.5 Å². The normalized spacial score (nSPS) is 10.5. The van der Waals surface area contributed by atoms with E-state index in [1.165, 1.54) is 7.11 Å². The summed E-state index contributed by atoms with van der Waals surface area (Å²) in [6.07, 6.45) is 3.46. The number of anilines is 2. The van der Waals surface area contributed by atoms with E-state index in [4.69, 9.17) is 16.3 Å². The van der Waals surface area contributed by atoms with E-state index in [1.807, 2.05) is 12.1 Å². The molecule has 2 N–H and O–H groups in total. The van der Waals surface area contributed by atoms with E-state index in [1.54, 1.807) is 41.2 Å². The van der Waals surface area contributed by atoms with Gasteiger partial charge in [-0.15, -0.1) is 0 Å². The van der Waals surface area contributed by atoms with Gasteiger partial charge in [-0.2, -0.15) is 5.10 Å². The quantitative estimate of drug-likeness (QED) is 0.775. The molecule has 2 heterocycles. The molecule has 22 heavy (non-hydrogen) atoms. The lowest BCUT2D eigenvalue weighted by atomic mass is 10.3. The molecule has 0 aliphatic heterocycles. The molecule has 0 saturated carbocycles. The predicted molar refractivity (Wildman–Crippen MR) is 85.8 cm³/mol. The van der Waals surface area contributed by atoms with Crippen LogP contribution in [0, 0.1) is 0 Å². The highest BCUT2D eigenvalue weighted by molar-refractivity contribution is 6.31. The van der Waals surface area contributed by atoms with Crippen molar-refractivity contribution in [2.45, 2.75) is 0 Å². The Hall–Kier alpha value is -2.73. The zero-order valence-corrected chi connectivity index (χ0v) is 12.5. The van der Waals surface area contributed by atoms with Crippen LogP contribution >= 0.6 is 11.6 Å². The summed E-state index contributed by atoms with van der Waals surface area (Å²) >= 11 is 5.93. The molecule has 7 heteroatoms. The van der Waals surface area contributed by atoms with Crippen molar-refractivity contribution in [3.63, 3.8) is 0 Å². The van der Waals surface area contributed by atoms with Gasteiger partial charge in [0.05, 0.1) is 18.3 Å². The minimum absolute atomic E-state index is 0.385. The summed E-state index contributed by atoms with van der Waals surface area (Å²) in [6, 6.07) is 10.1. The Labute approximate surface area is 131 Å². The van der Waals surface area contributed by atoms with Gasteiger partial charge >= 0.3 is 6.03 Å². The molecular weight excluding hydrogens is 304 g/mol. The fraction of sp³-hybridized carbons (Fsp3) is 0.0667. The Bertz CT molecular complexity index is 831. The zero-order chi connectivity index (χ0) is 15.5. The van der Waals surface area contributed by atoms with Crippen LogP contribution in [0.4, 0.5) is 16.2 Å². The van der Waals surface area contributed by atoms with Gasteiger partial charge in [-0.05, 0) is 36.4 Å². The van der Waals surface area contributed by atoms with Crippen LogP contribution in [0.5, 0.6) is 5.75 Å². The van der Waals surface area contributed by atoms with Crippen molar-refractivity contribution in [2.75, 3.05) is 17.7 Å². The summed E-state index contributed by atoms with van der Waals surface area (Å²) in [6.45, 7) is 0. The van der Waals surface area contributed by atoms with Crippen molar-refractivity contribution in [2.24, 2.45) is 0 Å². The number of benzene rings is 1. The summed E-state index contributed by atoms with van der Waals surface area (Å²) in [5.74, 6) is 0.533. The summed E-state index contributed by atoms with van der Waals surface area (Å²) < 4.78 is 6.90. The minimum atomic E-state index is -0.385. The molecule has 112 valence electrons. The standard InChI is InChI=1S/C15H13ClN4O2/c1-22-14-3-2-10(16)8-13(14)19-15(21)18-11-5-7-20-12(9-11)4-6-17-20/h2-9H,1H3,(H2,18,19,21). The number of aromatic nitrogens is 2. The predicted octanol–water partition coefficient (Wildman–Crippen LogP) is 3.64. The van der Waals surface area contributed by atoms with Crippen molar-refractivity contribution in [3.05, 3.63) is 53.8 Å². The maximum absolute atomic E-state index is 12.1. The summed E-state index contributed by atoms with van der Waals surface area (Å²) in [7, 11) is 1.53. The number of urea groups is 1. The van der Waals surface area contributed by atoms with Crippen LogP contribution in [0.15, 0.2) is 48.8 Å². The Kier molecular flexibility index (Phi) is 3.84. The van der Waals surface area contributed by atoms with Gasteiger partial charge < -0.3 is 15.4 Å². The molecule has 3 aromatic rings. The number of hydrogen-bond donors (Lipinski definition) is 2. The van der Waals surface area contributed by atoms with E-state index in [0.717, 1.165) is 5.52 Å². The first-order chi connectivity index (χ1) is 10.7. The smallest absolute Gasteiger partial charge is 0.323 e. The third kappa shape index (κ3) is 2.96. The Morgan fingerprint density at radius 3 is 2.91 bits per heavy atom. The van der Waals surface area contributed by atoms with Gasteiger partial charge in [-0.1, -0.05) is 11.6 Å². The molecule has 0 unspecified atom stereocenters. The number of halogens is 1. The third-order valence-electron chi connectivity index (χ3n) is 3.07. The Balaban J connectivity index is 1.76. The number of rotatable bonds is 3. The van der Waals surface area contributed by atoms with Gasteiger partial charge in [0.1, 0.15) is 5.75 Å². The van der Waals surface area contributed by atoms with E-state index in [0.29, 0.717) is 22.1 Å². The summed E-state index contributed by atoms with van der Waals surface area (Å²) in [4.78, 5) is 12.1. The number of amides is 2. The highest BCUT2D eigenvalue weighted by atomic mass is 35.5. The summed E-state index contributed by atoms with van der Waals surface area (Å²) in [5, 5.41) is 10.1. The van der Waals surface area contributed by atoms with E-state index in [2.05, 4.69) is 15.7 Å². The molecule has 0 fully saturated rings. The number of ether oxygens (including phenoxy) is 1.